The second-order valence-electron chi connectivity index (χ2n) is 3.43. The molecule has 6 heteroatoms. The van der Waals surface area contributed by atoms with Crippen molar-refractivity contribution in [1.82, 2.24) is 5.32 Å². The van der Waals surface area contributed by atoms with Crippen LogP contribution in [0.1, 0.15) is 16.8 Å². The van der Waals surface area contributed by atoms with Gasteiger partial charge in [-0.2, -0.15) is 0 Å². The van der Waals surface area contributed by atoms with E-state index in [1.807, 2.05) is 0 Å². The van der Waals surface area contributed by atoms with Gasteiger partial charge < -0.3 is 14.8 Å². The van der Waals surface area contributed by atoms with Crippen molar-refractivity contribution in [2.75, 3.05) is 20.8 Å². The van der Waals surface area contributed by atoms with Crippen LogP contribution in [0.3, 0.4) is 0 Å². The molecule has 0 unspecified atom stereocenters. The normalized spacial score (nSPS) is 9.72. The monoisotopic (exact) mass is 255 g/mol. The second-order valence-corrected chi connectivity index (χ2v) is 3.43. The minimum atomic E-state index is -0.676. The number of carbonyl (C=O) groups is 2. The predicted octanol–water partition coefficient (Wildman–Crippen LogP) is 1.13. The topological polar surface area (TPSA) is 64.6 Å². The lowest BCUT2D eigenvalue weighted by Gasteiger charge is -2.06. The highest BCUT2D eigenvalue weighted by Gasteiger charge is 2.12. The molecule has 0 saturated heterocycles. The van der Waals surface area contributed by atoms with Crippen LogP contribution in [0.15, 0.2) is 18.2 Å². The summed E-state index contributed by atoms with van der Waals surface area (Å²) < 4.78 is 22.7. The van der Waals surface area contributed by atoms with Crippen molar-refractivity contribution in [3.8, 4) is 5.75 Å². The van der Waals surface area contributed by atoms with Gasteiger partial charge in [-0.05, 0) is 12.1 Å². The number of esters is 1. The Labute approximate surface area is 104 Å². The second kappa shape index (κ2) is 6.58. The van der Waals surface area contributed by atoms with E-state index in [-0.39, 0.29) is 18.5 Å². The largest absolute Gasteiger partial charge is 0.497 e. The number of carbonyl (C=O) groups excluding carboxylic acids is 2. The van der Waals surface area contributed by atoms with Crippen LogP contribution in [0.2, 0.25) is 0 Å². The number of hydrogen-bond donors (Lipinski definition) is 1. The van der Waals surface area contributed by atoms with Crippen LogP contribution >= 0.6 is 0 Å². The predicted molar refractivity (Wildman–Crippen MR) is 61.9 cm³/mol. The third kappa shape index (κ3) is 3.73. The van der Waals surface area contributed by atoms with Gasteiger partial charge in [0.2, 0.25) is 0 Å². The van der Waals surface area contributed by atoms with E-state index in [4.69, 9.17) is 4.74 Å². The van der Waals surface area contributed by atoms with Crippen LogP contribution in [0.5, 0.6) is 5.75 Å². The fraction of sp³-hybridized carbons (Fsp3) is 0.333. The van der Waals surface area contributed by atoms with Crippen molar-refractivity contribution in [1.29, 1.82) is 0 Å². The summed E-state index contributed by atoms with van der Waals surface area (Å²) in [6.07, 6.45) is 0.0417. The maximum Gasteiger partial charge on any atom is 0.307 e. The van der Waals surface area contributed by atoms with E-state index >= 15 is 0 Å². The number of nitrogens with one attached hydrogen (secondary N) is 1. The first-order chi connectivity index (χ1) is 8.58. The Bertz CT molecular complexity index is 448. The van der Waals surface area contributed by atoms with Crippen molar-refractivity contribution in [2.24, 2.45) is 0 Å². The van der Waals surface area contributed by atoms with Crippen molar-refractivity contribution in [3.05, 3.63) is 29.6 Å². The maximum atomic E-state index is 13.5. The Balaban J connectivity index is 2.59. The molecule has 0 aliphatic carbocycles. The lowest BCUT2D eigenvalue weighted by atomic mass is 10.2. The maximum absolute atomic E-state index is 13.5. The fourth-order valence-electron chi connectivity index (χ4n) is 1.28. The lowest BCUT2D eigenvalue weighted by molar-refractivity contribution is -0.140. The zero-order valence-corrected chi connectivity index (χ0v) is 10.2. The van der Waals surface area contributed by atoms with Crippen molar-refractivity contribution in [3.63, 3.8) is 0 Å². The molecule has 0 radical (unpaired) electrons. The van der Waals surface area contributed by atoms with Gasteiger partial charge in [0.25, 0.3) is 5.91 Å². The molecule has 18 heavy (non-hydrogen) atoms. The first-order valence-corrected chi connectivity index (χ1v) is 5.27. The molecular formula is C12H14FNO4. The van der Waals surface area contributed by atoms with Crippen LogP contribution in [0.25, 0.3) is 0 Å². The smallest absolute Gasteiger partial charge is 0.307 e. The number of benzene rings is 1. The van der Waals surface area contributed by atoms with Crippen LogP contribution in [0.4, 0.5) is 4.39 Å². The molecule has 0 heterocycles. The third-order valence-electron chi connectivity index (χ3n) is 2.26. The van der Waals surface area contributed by atoms with Gasteiger partial charge in [0.15, 0.2) is 0 Å². The standard InChI is InChI=1S/C12H14FNO4/c1-17-8-3-4-9(10(13)7-8)12(16)14-6-5-11(15)18-2/h3-4,7H,5-6H2,1-2H3,(H,14,16). The summed E-state index contributed by atoms with van der Waals surface area (Å²) in [7, 11) is 2.66. The summed E-state index contributed by atoms with van der Waals surface area (Å²) in [6.45, 7) is 0.0942. The summed E-state index contributed by atoms with van der Waals surface area (Å²) in [6, 6.07) is 3.93. The molecule has 0 saturated carbocycles. The zero-order valence-electron chi connectivity index (χ0n) is 10.2. The highest BCUT2D eigenvalue weighted by atomic mass is 19.1. The van der Waals surface area contributed by atoms with E-state index in [1.165, 1.54) is 26.4 Å². The van der Waals surface area contributed by atoms with Gasteiger partial charge in [0, 0.05) is 12.6 Å². The first kappa shape index (κ1) is 14.0. The highest BCUT2D eigenvalue weighted by Crippen LogP contribution is 2.15. The number of halogens is 1. The molecule has 0 aliphatic heterocycles. The Morgan fingerprint density at radius 2 is 2.06 bits per heavy atom. The Morgan fingerprint density at radius 3 is 2.61 bits per heavy atom. The Morgan fingerprint density at radius 1 is 1.33 bits per heavy atom. The van der Waals surface area contributed by atoms with Gasteiger partial charge in [-0.1, -0.05) is 0 Å². The molecule has 1 aromatic carbocycles. The van der Waals surface area contributed by atoms with E-state index < -0.39 is 17.7 Å². The molecule has 1 rings (SSSR count). The van der Waals surface area contributed by atoms with Crippen molar-refractivity contribution in [2.45, 2.75) is 6.42 Å². The number of amides is 1. The van der Waals surface area contributed by atoms with E-state index in [0.29, 0.717) is 5.75 Å². The Kier molecular flexibility index (Phi) is 5.10. The van der Waals surface area contributed by atoms with Crippen molar-refractivity contribution >= 4 is 11.9 Å². The minimum Gasteiger partial charge on any atom is -0.497 e. The molecule has 0 atom stereocenters. The molecule has 0 aromatic heterocycles. The summed E-state index contributed by atoms with van der Waals surface area (Å²) in [5.74, 6) is -1.37. The number of ether oxygens (including phenoxy) is 2. The minimum absolute atomic E-state index is 0.0417. The van der Waals surface area contributed by atoms with Gasteiger partial charge in [0.1, 0.15) is 11.6 Å². The van der Waals surface area contributed by atoms with Crippen LogP contribution in [-0.4, -0.2) is 32.6 Å². The summed E-state index contributed by atoms with van der Waals surface area (Å²) in [5, 5.41) is 2.42. The number of rotatable bonds is 5. The van der Waals surface area contributed by atoms with Crippen LogP contribution < -0.4 is 10.1 Å². The third-order valence-corrected chi connectivity index (χ3v) is 2.26. The van der Waals surface area contributed by atoms with Crippen molar-refractivity contribution < 1.29 is 23.5 Å². The number of methoxy groups -OCH3 is 2. The average molecular weight is 255 g/mol. The van der Waals surface area contributed by atoms with E-state index in [0.717, 1.165) is 6.07 Å². The average Bonchev–Trinajstić information content (AvgIpc) is 2.37. The molecule has 1 amide bonds. The highest BCUT2D eigenvalue weighted by molar-refractivity contribution is 5.94. The molecular weight excluding hydrogens is 241 g/mol. The van der Waals surface area contributed by atoms with E-state index in [1.54, 1.807) is 0 Å². The number of hydrogen-bond acceptors (Lipinski definition) is 4. The molecule has 0 aliphatic rings. The fourth-order valence-corrected chi connectivity index (χ4v) is 1.28. The Hall–Kier alpha value is -2.11. The van der Waals surface area contributed by atoms with Crippen LogP contribution in [-0.2, 0) is 9.53 Å². The zero-order chi connectivity index (χ0) is 13.5. The molecule has 5 nitrogen and oxygen atoms in total. The molecule has 1 N–H and O–H groups in total. The lowest BCUT2D eigenvalue weighted by Crippen LogP contribution is -2.27. The van der Waals surface area contributed by atoms with E-state index in [2.05, 4.69) is 10.1 Å². The summed E-state index contributed by atoms with van der Waals surface area (Å²) in [4.78, 5) is 22.4. The van der Waals surface area contributed by atoms with Gasteiger partial charge >= 0.3 is 5.97 Å². The van der Waals surface area contributed by atoms with Crippen LogP contribution in [0, 0.1) is 5.82 Å². The quantitative estimate of drug-likeness (QED) is 0.801. The molecule has 0 fully saturated rings. The molecule has 0 spiro atoms. The summed E-state index contributed by atoms with van der Waals surface area (Å²) >= 11 is 0. The van der Waals surface area contributed by atoms with Gasteiger partial charge in [-0.25, -0.2) is 4.39 Å². The molecule has 98 valence electrons. The molecule has 0 bridgehead atoms. The molecule has 1 aromatic rings. The van der Waals surface area contributed by atoms with Gasteiger partial charge in [-0.3, -0.25) is 9.59 Å². The van der Waals surface area contributed by atoms with Gasteiger partial charge in [0.05, 0.1) is 26.2 Å². The SMILES string of the molecule is COC(=O)CCNC(=O)c1ccc(OC)cc1F. The first-order valence-electron chi connectivity index (χ1n) is 5.27. The summed E-state index contributed by atoms with van der Waals surface area (Å²) in [5.41, 5.74) is -0.0966. The van der Waals surface area contributed by atoms with Gasteiger partial charge in [-0.15, -0.1) is 0 Å². The van der Waals surface area contributed by atoms with E-state index in [9.17, 15) is 14.0 Å².